The highest BCUT2D eigenvalue weighted by atomic mass is 35.5. The molecule has 1 aliphatic heterocycles. The molecular weight excluding hydrogens is 302 g/mol. The van der Waals surface area contributed by atoms with Crippen molar-refractivity contribution in [3.05, 3.63) is 0 Å². The van der Waals surface area contributed by atoms with E-state index in [1.807, 2.05) is 20.8 Å². The summed E-state index contributed by atoms with van der Waals surface area (Å²) in [5.74, 6) is 1.18. The van der Waals surface area contributed by atoms with Gasteiger partial charge < -0.3 is 16.0 Å². The second-order valence-electron chi connectivity index (χ2n) is 7.12. The number of nitrogens with one attached hydrogen (secondary N) is 3. The summed E-state index contributed by atoms with van der Waals surface area (Å²) in [7, 11) is 0. The summed E-state index contributed by atoms with van der Waals surface area (Å²) in [6, 6.07) is 0. The largest absolute Gasteiger partial charge is 0.354 e. The van der Waals surface area contributed by atoms with Gasteiger partial charge >= 0.3 is 0 Å². The lowest BCUT2D eigenvalue weighted by atomic mass is 9.84. The molecule has 3 N–H and O–H groups in total. The van der Waals surface area contributed by atoms with Gasteiger partial charge in [-0.3, -0.25) is 9.59 Å². The van der Waals surface area contributed by atoms with Crippen molar-refractivity contribution < 1.29 is 9.59 Å². The van der Waals surface area contributed by atoms with Crippen LogP contribution in [0.4, 0.5) is 0 Å². The van der Waals surface area contributed by atoms with Crippen LogP contribution in [0.5, 0.6) is 0 Å². The number of amides is 2. The van der Waals surface area contributed by atoms with Crippen molar-refractivity contribution in [3.8, 4) is 0 Å². The maximum atomic E-state index is 11.9. The number of hydrogen-bond acceptors (Lipinski definition) is 3. The molecule has 0 spiro atoms. The molecule has 1 fully saturated rings. The van der Waals surface area contributed by atoms with Crippen LogP contribution in [0.15, 0.2) is 0 Å². The molecule has 1 atom stereocenters. The molecule has 1 saturated heterocycles. The number of halogens is 1. The highest BCUT2D eigenvalue weighted by molar-refractivity contribution is 5.85. The number of piperidine rings is 1. The SMILES string of the molecule is CC(CC(=O)NCCNC(=O)C(C)(C)C)C1CCNCC1.Cl. The molecule has 5 nitrogen and oxygen atoms in total. The standard InChI is InChI=1S/C16H31N3O2.ClH/c1-12(13-5-7-17-8-6-13)11-14(20)18-9-10-19-15(21)16(2,3)4;/h12-13,17H,5-11H2,1-4H3,(H,18,20)(H,19,21);1H. The van der Waals surface area contributed by atoms with E-state index in [0.29, 0.717) is 31.3 Å². The zero-order chi connectivity index (χ0) is 15.9. The normalized spacial score (nSPS) is 17.3. The third-order valence-corrected chi connectivity index (χ3v) is 4.11. The van der Waals surface area contributed by atoms with Gasteiger partial charge in [-0.05, 0) is 37.8 Å². The van der Waals surface area contributed by atoms with Crippen LogP contribution < -0.4 is 16.0 Å². The lowest BCUT2D eigenvalue weighted by molar-refractivity contribution is -0.128. The van der Waals surface area contributed by atoms with E-state index in [1.54, 1.807) is 0 Å². The van der Waals surface area contributed by atoms with Crippen molar-refractivity contribution in [2.75, 3.05) is 26.2 Å². The van der Waals surface area contributed by atoms with Gasteiger partial charge in [-0.2, -0.15) is 0 Å². The second kappa shape index (κ2) is 10.1. The molecule has 0 aliphatic carbocycles. The van der Waals surface area contributed by atoms with Gasteiger partial charge in [-0.25, -0.2) is 0 Å². The van der Waals surface area contributed by atoms with Gasteiger partial charge in [0.25, 0.3) is 0 Å². The Labute approximate surface area is 140 Å². The number of rotatable bonds is 6. The monoisotopic (exact) mass is 333 g/mol. The highest BCUT2D eigenvalue weighted by Gasteiger charge is 2.22. The minimum Gasteiger partial charge on any atom is -0.354 e. The summed E-state index contributed by atoms with van der Waals surface area (Å²) in [4.78, 5) is 23.6. The minimum absolute atomic E-state index is 0. The predicted molar refractivity (Wildman–Crippen MR) is 92.1 cm³/mol. The molecule has 1 aliphatic rings. The first kappa shape index (κ1) is 21.2. The summed E-state index contributed by atoms with van der Waals surface area (Å²) in [5, 5.41) is 9.07. The molecule has 130 valence electrons. The number of carbonyl (C=O) groups excluding carboxylic acids is 2. The van der Waals surface area contributed by atoms with E-state index in [1.165, 1.54) is 0 Å². The third-order valence-electron chi connectivity index (χ3n) is 4.11. The van der Waals surface area contributed by atoms with Crippen molar-refractivity contribution in [2.45, 2.75) is 47.0 Å². The summed E-state index contributed by atoms with van der Waals surface area (Å²) in [6.07, 6.45) is 2.91. The van der Waals surface area contributed by atoms with Crippen molar-refractivity contribution in [1.29, 1.82) is 0 Å². The molecule has 0 radical (unpaired) electrons. The number of hydrogen-bond donors (Lipinski definition) is 3. The fraction of sp³-hybridized carbons (Fsp3) is 0.875. The van der Waals surface area contributed by atoms with Crippen molar-refractivity contribution >= 4 is 24.2 Å². The Morgan fingerprint density at radius 3 is 2.23 bits per heavy atom. The van der Waals surface area contributed by atoms with Gasteiger partial charge in [0.1, 0.15) is 0 Å². The number of carbonyl (C=O) groups is 2. The first-order chi connectivity index (χ1) is 9.80. The lowest BCUT2D eigenvalue weighted by Crippen LogP contribution is -2.40. The molecule has 22 heavy (non-hydrogen) atoms. The average Bonchev–Trinajstić information content (AvgIpc) is 2.43. The smallest absolute Gasteiger partial charge is 0.225 e. The van der Waals surface area contributed by atoms with E-state index in [4.69, 9.17) is 0 Å². The van der Waals surface area contributed by atoms with Gasteiger partial charge in [0.05, 0.1) is 0 Å². The summed E-state index contributed by atoms with van der Waals surface area (Å²) < 4.78 is 0. The minimum atomic E-state index is -0.381. The van der Waals surface area contributed by atoms with Crippen LogP contribution in [0.1, 0.15) is 47.0 Å². The van der Waals surface area contributed by atoms with E-state index in [2.05, 4.69) is 22.9 Å². The van der Waals surface area contributed by atoms with E-state index in [9.17, 15) is 9.59 Å². The Morgan fingerprint density at radius 1 is 1.14 bits per heavy atom. The molecule has 0 bridgehead atoms. The van der Waals surface area contributed by atoms with Crippen LogP contribution in [0, 0.1) is 17.3 Å². The fourth-order valence-corrected chi connectivity index (χ4v) is 2.59. The fourth-order valence-electron chi connectivity index (χ4n) is 2.59. The summed E-state index contributed by atoms with van der Waals surface area (Å²) in [5.41, 5.74) is -0.381. The maximum Gasteiger partial charge on any atom is 0.225 e. The first-order valence-electron chi connectivity index (χ1n) is 8.06. The Kier molecular flexibility index (Phi) is 9.69. The zero-order valence-electron chi connectivity index (χ0n) is 14.3. The molecule has 0 aromatic rings. The van der Waals surface area contributed by atoms with E-state index in [0.717, 1.165) is 25.9 Å². The molecule has 6 heteroatoms. The highest BCUT2D eigenvalue weighted by Crippen LogP contribution is 2.23. The molecule has 1 rings (SSSR count). The Morgan fingerprint density at radius 2 is 1.68 bits per heavy atom. The van der Waals surface area contributed by atoms with Crippen LogP contribution in [-0.4, -0.2) is 38.0 Å². The Bertz CT molecular complexity index is 350. The van der Waals surface area contributed by atoms with Crippen molar-refractivity contribution in [3.63, 3.8) is 0 Å². The Balaban J connectivity index is 0.00000441. The van der Waals surface area contributed by atoms with Gasteiger partial charge in [-0.1, -0.05) is 27.7 Å². The van der Waals surface area contributed by atoms with Crippen molar-refractivity contribution in [1.82, 2.24) is 16.0 Å². The molecule has 1 unspecified atom stereocenters. The van der Waals surface area contributed by atoms with Crippen LogP contribution in [0.3, 0.4) is 0 Å². The van der Waals surface area contributed by atoms with E-state index >= 15 is 0 Å². The Hall–Kier alpha value is -0.810. The maximum absolute atomic E-state index is 11.9. The van der Waals surface area contributed by atoms with Gasteiger partial charge in [-0.15, -0.1) is 12.4 Å². The summed E-state index contributed by atoms with van der Waals surface area (Å²) in [6.45, 7) is 10.9. The summed E-state index contributed by atoms with van der Waals surface area (Å²) >= 11 is 0. The molecule has 2 amide bonds. The van der Waals surface area contributed by atoms with Gasteiger partial charge in [0.15, 0.2) is 0 Å². The third kappa shape index (κ3) is 7.99. The molecule has 0 saturated carbocycles. The van der Waals surface area contributed by atoms with Gasteiger partial charge in [0.2, 0.25) is 11.8 Å². The van der Waals surface area contributed by atoms with Crippen molar-refractivity contribution in [2.24, 2.45) is 17.3 Å². The van der Waals surface area contributed by atoms with Gasteiger partial charge in [0, 0.05) is 24.9 Å². The predicted octanol–water partition coefficient (Wildman–Crippen LogP) is 1.71. The van der Waals surface area contributed by atoms with E-state index in [-0.39, 0.29) is 29.6 Å². The second-order valence-corrected chi connectivity index (χ2v) is 7.12. The molecule has 0 aromatic carbocycles. The van der Waals surface area contributed by atoms with Crippen LogP contribution >= 0.6 is 12.4 Å². The quantitative estimate of drug-likeness (QED) is 0.648. The molecular formula is C16H32ClN3O2. The van der Waals surface area contributed by atoms with Crippen LogP contribution in [-0.2, 0) is 9.59 Å². The van der Waals surface area contributed by atoms with Crippen LogP contribution in [0.25, 0.3) is 0 Å². The molecule has 1 heterocycles. The molecule has 0 aromatic heterocycles. The topological polar surface area (TPSA) is 70.2 Å². The van der Waals surface area contributed by atoms with E-state index < -0.39 is 0 Å². The van der Waals surface area contributed by atoms with Crippen LogP contribution in [0.2, 0.25) is 0 Å². The lowest BCUT2D eigenvalue weighted by Gasteiger charge is -2.27. The average molecular weight is 334 g/mol. The zero-order valence-corrected chi connectivity index (χ0v) is 15.1. The first-order valence-corrected chi connectivity index (χ1v) is 8.06.